The number of alkyl halides is 4. The van der Waals surface area contributed by atoms with Gasteiger partial charge in [-0.1, -0.05) is 30.3 Å². The summed E-state index contributed by atoms with van der Waals surface area (Å²) in [4.78, 5) is 56.2. The van der Waals surface area contributed by atoms with Gasteiger partial charge in [0, 0.05) is 42.8 Å². The Balaban J connectivity index is 0.00000326. The number of amides is 3. The number of nitrogens with zero attached hydrogens (tertiary/aromatic N) is 3. The van der Waals surface area contributed by atoms with Crippen LogP contribution in [0.5, 0.6) is 0 Å². The number of aliphatic hydroxyl groups excluding tert-OH is 2. The Kier molecular flexibility index (Phi) is 14.7. The lowest BCUT2D eigenvalue weighted by atomic mass is 9.81. The maximum atomic E-state index is 14.1. The zero-order valence-corrected chi connectivity index (χ0v) is 32.8. The van der Waals surface area contributed by atoms with Crippen LogP contribution in [0.4, 0.5) is 23.2 Å². The SMILES string of the molecule is CO.Cc1cc(C(=O)N2CCCC2CO)ccc1-c1ccc(C[C@H](NC(=O)C2CCC(CN)CC2)C(=O)Nc2ccc(-c3n[nH]c(C(F)(F)C(F)(F)C=O)n3)cc2)cc1. The second kappa shape index (κ2) is 19.5. The molecule has 2 atom stereocenters. The molecule has 59 heavy (non-hydrogen) atoms. The van der Waals surface area contributed by atoms with Crippen LogP contribution >= 0.6 is 0 Å². The number of nitrogens with one attached hydrogen (secondary N) is 3. The van der Waals surface area contributed by atoms with E-state index in [-0.39, 0.29) is 48.2 Å². The molecule has 3 amide bonds. The Labute approximate surface area is 338 Å². The van der Waals surface area contributed by atoms with E-state index in [0.29, 0.717) is 43.1 Å². The number of carbonyl (C=O) groups is 4. The summed E-state index contributed by atoms with van der Waals surface area (Å²) in [6, 6.07) is 17.6. The molecule has 1 unspecified atom stereocenters. The van der Waals surface area contributed by atoms with E-state index < -0.39 is 35.9 Å². The number of rotatable bonds is 14. The Morgan fingerprint density at radius 1 is 0.966 bits per heavy atom. The summed E-state index contributed by atoms with van der Waals surface area (Å²) in [6.07, 6.45) is 3.59. The van der Waals surface area contributed by atoms with Crippen LogP contribution in [0.3, 0.4) is 0 Å². The highest BCUT2D eigenvalue weighted by Crippen LogP contribution is 2.40. The standard InChI is InChI=1S/C41H45F4N7O5.CH4O/c1-24-19-30(38(57)52-18-2-3-32(52)22-53)14-17-33(24)27-8-4-25(5-9-27)20-34(48-36(55)29-10-6-26(21-46)7-11-29)37(56)47-31-15-12-28(13-16-31)35-49-39(51-50-35)41(44,45)40(42,43)23-54;1-2/h4-5,8-9,12-17,19,23,26,29,32,34,53H,2-3,6-7,10-11,18,20-22,46H2,1H3,(H,47,56)(H,48,55)(H,49,50,51);2H,1H3/t26?,29?,32?,34-;/m0./s1. The summed E-state index contributed by atoms with van der Waals surface area (Å²) < 4.78 is 55.3. The van der Waals surface area contributed by atoms with Gasteiger partial charge in [-0.15, -0.1) is 0 Å². The first-order valence-corrected chi connectivity index (χ1v) is 19.4. The van der Waals surface area contributed by atoms with Gasteiger partial charge >= 0.3 is 11.8 Å². The van der Waals surface area contributed by atoms with Crippen LogP contribution in [0.25, 0.3) is 22.5 Å². The van der Waals surface area contributed by atoms with Gasteiger partial charge < -0.3 is 31.5 Å². The van der Waals surface area contributed by atoms with Crippen molar-refractivity contribution in [1.82, 2.24) is 25.4 Å². The van der Waals surface area contributed by atoms with Crippen molar-refractivity contribution in [2.45, 2.75) is 75.8 Å². The van der Waals surface area contributed by atoms with Crippen molar-refractivity contribution in [2.75, 3.05) is 32.1 Å². The fourth-order valence-corrected chi connectivity index (χ4v) is 7.49. The van der Waals surface area contributed by atoms with E-state index in [2.05, 4.69) is 20.7 Å². The fraction of sp³-hybridized carbons (Fsp3) is 0.429. The molecule has 13 nitrogen and oxygen atoms in total. The van der Waals surface area contributed by atoms with Crippen LogP contribution in [0.1, 0.15) is 65.8 Å². The molecule has 2 heterocycles. The summed E-state index contributed by atoms with van der Waals surface area (Å²) in [7, 11) is 1.00. The van der Waals surface area contributed by atoms with E-state index in [9.17, 15) is 41.8 Å². The number of aromatic nitrogens is 3. The highest BCUT2D eigenvalue weighted by Gasteiger charge is 2.60. The van der Waals surface area contributed by atoms with Crippen LogP contribution in [0.15, 0.2) is 66.7 Å². The molecule has 3 aromatic carbocycles. The van der Waals surface area contributed by atoms with Crippen LogP contribution in [-0.4, -0.2) is 99.1 Å². The third kappa shape index (κ3) is 10.2. The fourth-order valence-electron chi connectivity index (χ4n) is 7.49. The van der Waals surface area contributed by atoms with Crippen molar-refractivity contribution in [1.29, 1.82) is 0 Å². The predicted octanol–water partition coefficient (Wildman–Crippen LogP) is 5.01. The van der Waals surface area contributed by atoms with Gasteiger partial charge in [0.1, 0.15) is 6.04 Å². The first-order valence-electron chi connectivity index (χ1n) is 19.4. The first kappa shape index (κ1) is 44.6. The van der Waals surface area contributed by atoms with Gasteiger partial charge in [0.05, 0.1) is 12.6 Å². The molecule has 1 saturated heterocycles. The molecule has 0 bridgehead atoms. The van der Waals surface area contributed by atoms with Crippen LogP contribution < -0.4 is 16.4 Å². The molecule has 1 aromatic heterocycles. The van der Waals surface area contributed by atoms with Crippen LogP contribution in [0, 0.1) is 18.8 Å². The Morgan fingerprint density at radius 3 is 2.24 bits per heavy atom. The molecule has 316 valence electrons. The maximum absolute atomic E-state index is 14.1. The molecule has 0 spiro atoms. The van der Waals surface area contributed by atoms with E-state index in [1.54, 1.807) is 16.1 Å². The highest BCUT2D eigenvalue weighted by molar-refractivity contribution is 5.98. The van der Waals surface area contributed by atoms with Crippen molar-refractivity contribution < 1.29 is 47.0 Å². The molecule has 6 rings (SSSR count). The molecular weight excluding hydrogens is 774 g/mol. The number of aliphatic hydroxyl groups is 2. The molecular formula is C42H49F4N7O6. The smallest absolute Gasteiger partial charge is 0.375 e. The first-order chi connectivity index (χ1) is 28.2. The van der Waals surface area contributed by atoms with Crippen molar-refractivity contribution in [3.05, 3.63) is 89.2 Å². The van der Waals surface area contributed by atoms with Crippen molar-refractivity contribution in [3.8, 4) is 22.5 Å². The van der Waals surface area contributed by atoms with E-state index >= 15 is 0 Å². The molecule has 1 aliphatic carbocycles. The predicted molar refractivity (Wildman–Crippen MR) is 211 cm³/mol. The Morgan fingerprint density at radius 2 is 1.63 bits per heavy atom. The molecule has 2 aliphatic rings. The van der Waals surface area contributed by atoms with Crippen molar-refractivity contribution in [2.24, 2.45) is 17.6 Å². The minimum Gasteiger partial charge on any atom is -0.400 e. The van der Waals surface area contributed by atoms with Gasteiger partial charge in [-0.25, -0.2) is 4.98 Å². The third-order valence-electron chi connectivity index (χ3n) is 11.0. The maximum Gasteiger partial charge on any atom is 0.375 e. The minimum absolute atomic E-state index is 0.0659. The van der Waals surface area contributed by atoms with Gasteiger partial charge in [0.2, 0.25) is 17.6 Å². The van der Waals surface area contributed by atoms with E-state index in [0.717, 1.165) is 55.0 Å². The molecule has 0 radical (unpaired) electrons. The van der Waals surface area contributed by atoms with Crippen molar-refractivity contribution >= 4 is 29.7 Å². The zero-order valence-electron chi connectivity index (χ0n) is 32.8. The van der Waals surface area contributed by atoms with E-state index in [1.807, 2.05) is 43.3 Å². The van der Waals surface area contributed by atoms with Gasteiger partial charge in [-0.05, 0) is 117 Å². The number of nitrogens with two attached hydrogens (primary N) is 1. The second-order valence-corrected chi connectivity index (χ2v) is 14.8. The number of likely N-dealkylation sites (tertiary alicyclic amines) is 1. The van der Waals surface area contributed by atoms with E-state index in [1.165, 1.54) is 24.3 Å². The topological polar surface area (TPSA) is 204 Å². The number of carbonyl (C=O) groups excluding carboxylic acids is 4. The quantitative estimate of drug-likeness (QED) is 0.0747. The van der Waals surface area contributed by atoms with Crippen molar-refractivity contribution in [3.63, 3.8) is 0 Å². The normalized spacial score (nSPS) is 18.7. The molecule has 4 aromatic rings. The largest absolute Gasteiger partial charge is 0.400 e. The lowest BCUT2D eigenvalue weighted by Crippen LogP contribution is -2.48. The highest BCUT2D eigenvalue weighted by atomic mass is 19.3. The number of hydrogen-bond donors (Lipinski definition) is 6. The molecule has 17 heteroatoms. The number of aromatic amines is 1. The van der Waals surface area contributed by atoms with Gasteiger partial charge in [-0.3, -0.25) is 24.3 Å². The minimum atomic E-state index is -5.00. The number of aldehydes is 1. The third-order valence-corrected chi connectivity index (χ3v) is 11.0. The number of H-pyrrole nitrogens is 1. The zero-order chi connectivity index (χ0) is 42.9. The van der Waals surface area contributed by atoms with Crippen LogP contribution in [-0.2, 0) is 26.7 Å². The number of hydrogen-bond acceptors (Lipinski definition) is 9. The summed E-state index contributed by atoms with van der Waals surface area (Å²) in [5.41, 5.74) is 10.3. The van der Waals surface area contributed by atoms with Crippen LogP contribution in [0.2, 0.25) is 0 Å². The summed E-state index contributed by atoms with van der Waals surface area (Å²) >= 11 is 0. The lowest BCUT2D eigenvalue weighted by molar-refractivity contribution is -0.206. The second-order valence-electron chi connectivity index (χ2n) is 14.8. The molecule has 2 fully saturated rings. The average molecular weight is 824 g/mol. The summed E-state index contributed by atoms with van der Waals surface area (Å²) in [5, 5.41) is 27.8. The Bertz CT molecular complexity index is 2070. The summed E-state index contributed by atoms with van der Waals surface area (Å²) in [6.45, 7) is 3.03. The molecule has 1 saturated carbocycles. The Hall–Kier alpha value is -5.52. The van der Waals surface area contributed by atoms with E-state index in [4.69, 9.17) is 10.8 Å². The van der Waals surface area contributed by atoms with Gasteiger partial charge in [0.25, 0.3) is 5.91 Å². The number of benzene rings is 3. The summed E-state index contributed by atoms with van der Waals surface area (Å²) in [5.74, 6) is -12.5. The van der Waals surface area contributed by atoms with Gasteiger partial charge in [0.15, 0.2) is 12.1 Å². The van der Waals surface area contributed by atoms with Gasteiger partial charge in [-0.2, -0.15) is 22.7 Å². The average Bonchev–Trinajstić information content (AvgIpc) is 3.96. The lowest BCUT2D eigenvalue weighted by Gasteiger charge is -2.28. The monoisotopic (exact) mass is 823 g/mol. The number of halogens is 4. The molecule has 1 aliphatic heterocycles. The number of aryl methyl sites for hydroxylation is 1. The molecule has 7 N–H and O–H groups in total. The number of anilines is 1.